The van der Waals surface area contributed by atoms with Gasteiger partial charge in [-0.15, -0.1) is 0 Å². The zero-order valence-corrected chi connectivity index (χ0v) is 18.2. The van der Waals surface area contributed by atoms with Crippen molar-refractivity contribution in [3.05, 3.63) is 23.5 Å². The number of rotatable bonds is 3. The van der Waals surface area contributed by atoms with Gasteiger partial charge in [-0.2, -0.15) is 0 Å². The second-order valence-corrected chi connectivity index (χ2v) is 9.88. The molecule has 2 saturated heterocycles. The molecule has 10 heteroatoms. The first kappa shape index (κ1) is 20.1. The number of ether oxygens (including phenoxy) is 1. The Labute approximate surface area is 184 Å². The summed E-state index contributed by atoms with van der Waals surface area (Å²) in [6.07, 6.45) is 8.03. The molecule has 1 spiro atoms. The number of nitrogens with two attached hydrogens (primary N) is 3. The number of halogens is 1. The molecule has 2 aromatic heterocycles. The lowest BCUT2D eigenvalue weighted by Crippen LogP contribution is -2.49. The van der Waals surface area contributed by atoms with Crippen LogP contribution in [0.2, 0.25) is 5.02 Å². The normalized spacial score (nSPS) is 27.5. The first-order valence-electron chi connectivity index (χ1n) is 10.3. The van der Waals surface area contributed by atoms with Crippen LogP contribution in [0.4, 0.5) is 17.5 Å². The molecule has 0 aromatic carbocycles. The SMILES string of the molecule is Nc1nc(N2CCC3(CC2)CC2OCCC2[C@H]3N)cnc1Sc1ccnc(N)c1Cl. The molecular formula is C20H26ClN7OS. The molecule has 2 aromatic rings. The number of nitrogen functional groups attached to an aromatic ring is 2. The second-order valence-electron chi connectivity index (χ2n) is 8.47. The van der Waals surface area contributed by atoms with Crippen LogP contribution in [0.1, 0.15) is 25.7 Å². The van der Waals surface area contributed by atoms with Crippen LogP contribution in [-0.4, -0.2) is 46.8 Å². The average Bonchev–Trinajstić information content (AvgIpc) is 3.29. The van der Waals surface area contributed by atoms with Gasteiger partial charge in [-0.3, -0.25) is 0 Å². The van der Waals surface area contributed by atoms with Crippen LogP contribution in [0.15, 0.2) is 28.4 Å². The number of pyridine rings is 1. The van der Waals surface area contributed by atoms with Gasteiger partial charge >= 0.3 is 0 Å². The van der Waals surface area contributed by atoms with E-state index in [1.54, 1.807) is 18.5 Å². The highest BCUT2D eigenvalue weighted by Gasteiger charge is 2.54. The highest BCUT2D eigenvalue weighted by atomic mass is 35.5. The molecule has 5 rings (SSSR count). The summed E-state index contributed by atoms with van der Waals surface area (Å²) < 4.78 is 5.92. The number of nitrogens with zero attached hydrogens (tertiary/aromatic N) is 4. The van der Waals surface area contributed by atoms with Gasteiger partial charge in [0, 0.05) is 42.7 Å². The maximum atomic E-state index is 6.68. The molecule has 0 bridgehead atoms. The molecule has 3 atom stereocenters. The molecule has 8 nitrogen and oxygen atoms in total. The summed E-state index contributed by atoms with van der Waals surface area (Å²) in [7, 11) is 0. The van der Waals surface area contributed by atoms with E-state index in [2.05, 4.69) is 19.9 Å². The first-order chi connectivity index (χ1) is 14.5. The number of hydrogen-bond donors (Lipinski definition) is 3. The third-order valence-corrected chi connectivity index (χ3v) is 8.54. The molecule has 2 aliphatic heterocycles. The summed E-state index contributed by atoms with van der Waals surface area (Å²) in [5.41, 5.74) is 18.9. The van der Waals surface area contributed by atoms with Crippen molar-refractivity contribution in [1.29, 1.82) is 0 Å². The Balaban J connectivity index is 1.27. The topological polar surface area (TPSA) is 129 Å². The van der Waals surface area contributed by atoms with Crippen molar-refractivity contribution in [2.75, 3.05) is 36.1 Å². The van der Waals surface area contributed by atoms with E-state index >= 15 is 0 Å². The molecular weight excluding hydrogens is 422 g/mol. The monoisotopic (exact) mass is 447 g/mol. The van der Waals surface area contributed by atoms with Crippen LogP contribution in [-0.2, 0) is 4.74 Å². The fourth-order valence-corrected chi connectivity index (χ4v) is 6.25. The maximum absolute atomic E-state index is 6.68. The molecule has 6 N–H and O–H groups in total. The third kappa shape index (κ3) is 3.37. The number of anilines is 3. The molecule has 2 unspecified atom stereocenters. The summed E-state index contributed by atoms with van der Waals surface area (Å²) in [5, 5.41) is 0.998. The number of piperidine rings is 1. The summed E-state index contributed by atoms with van der Waals surface area (Å²) in [4.78, 5) is 16.1. The van der Waals surface area contributed by atoms with E-state index in [0.29, 0.717) is 27.9 Å². The molecule has 160 valence electrons. The van der Waals surface area contributed by atoms with Crippen molar-refractivity contribution < 1.29 is 4.74 Å². The van der Waals surface area contributed by atoms with Gasteiger partial charge in [0.05, 0.1) is 17.3 Å². The Bertz CT molecular complexity index is 953. The first-order valence-corrected chi connectivity index (χ1v) is 11.5. The van der Waals surface area contributed by atoms with Crippen LogP contribution in [0.5, 0.6) is 0 Å². The van der Waals surface area contributed by atoms with Crippen molar-refractivity contribution in [3.8, 4) is 0 Å². The van der Waals surface area contributed by atoms with Gasteiger partial charge in [0.1, 0.15) is 16.7 Å². The smallest absolute Gasteiger partial charge is 0.158 e. The lowest BCUT2D eigenvalue weighted by atomic mass is 9.73. The minimum atomic E-state index is 0.193. The molecule has 0 radical (unpaired) electrons. The minimum absolute atomic E-state index is 0.193. The predicted octanol–water partition coefficient (Wildman–Crippen LogP) is 2.56. The molecule has 30 heavy (non-hydrogen) atoms. The summed E-state index contributed by atoms with van der Waals surface area (Å²) in [6.45, 7) is 2.67. The largest absolute Gasteiger partial charge is 0.382 e. The quantitative estimate of drug-likeness (QED) is 0.649. The van der Waals surface area contributed by atoms with Crippen molar-refractivity contribution in [3.63, 3.8) is 0 Å². The standard InChI is InChI=1S/C20H26ClN7OS/c21-15-13(1-5-25-17(15)23)30-19-18(24)27-14(10-26-19)28-6-3-20(4-7-28)9-12-11(16(20)22)2-8-29-12/h1,5,10-12,16H,2-4,6-9,22H2,(H2,23,25)(H2,24,27)/t11?,12?,16-/m1/s1. The zero-order chi connectivity index (χ0) is 20.9. The van der Waals surface area contributed by atoms with Gasteiger partial charge in [0.2, 0.25) is 0 Å². The van der Waals surface area contributed by atoms with Crippen molar-refractivity contribution in [2.45, 2.75) is 47.8 Å². The van der Waals surface area contributed by atoms with E-state index in [-0.39, 0.29) is 17.3 Å². The van der Waals surface area contributed by atoms with E-state index in [4.69, 9.17) is 33.5 Å². The van der Waals surface area contributed by atoms with Crippen LogP contribution in [0.25, 0.3) is 0 Å². The van der Waals surface area contributed by atoms with Crippen LogP contribution >= 0.6 is 23.4 Å². The van der Waals surface area contributed by atoms with Crippen LogP contribution < -0.4 is 22.1 Å². The minimum Gasteiger partial charge on any atom is -0.382 e. The van der Waals surface area contributed by atoms with E-state index < -0.39 is 0 Å². The third-order valence-electron chi connectivity index (χ3n) is 6.96. The highest BCUT2D eigenvalue weighted by molar-refractivity contribution is 7.99. The number of fused-ring (bicyclic) bond motifs is 1. The Morgan fingerprint density at radius 3 is 2.73 bits per heavy atom. The Kier molecular flexibility index (Phi) is 5.17. The Morgan fingerprint density at radius 1 is 1.20 bits per heavy atom. The Morgan fingerprint density at radius 2 is 2.00 bits per heavy atom. The van der Waals surface area contributed by atoms with Crippen LogP contribution in [0.3, 0.4) is 0 Å². The summed E-state index contributed by atoms with van der Waals surface area (Å²) >= 11 is 7.57. The molecule has 3 fully saturated rings. The zero-order valence-electron chi connectivity index (χ0n) is 16.6. The summed E-state index contributed by atoms with van der Waals surface area (Å²) in [6, 6.07) is 2.02. The van der Waals surface area contributed by atoms with Gasteiger partial charge in [-0.1, -0.05) is 23.4 Å². The van der Waals surface area contributed by atoms with Gasteiger partial charge in [-0.05, 0) is 37.2 Å². The highest BCUT2D eigenvalue weighted by Crippen LogP contribution is 2.52. The lowest BCUT2D eigenvalue weighted by molar-refractivity contribution is 0.0803. The van der Waals surface area contributed by atoms with E-state index in [1.165, 1.54) is 11.8 Å². The molecule has 4 heterocycles. The van der Waals surface area contributed by atoms with Crippen LogP contribution in [0, 0.1) is 11.3 Å². The fourth-order valence-electron chi connectivity index (χ4n) is 5.23. The fraction of sp³-hybridized carbons (Fsp3) is 0.550. The van der Waals surface area contributed by atoms with Crippen molar-refractivity contribution in [2.24, 2.45) is 17.1 Å². The number of hydrogen-bond acceptors (Lipinski definition) is 9. The van der Waals surface area contributed by atoms with Gasteiger partial charge < -0.3 is 26.8 Å². The second kappa shape index (κ2) is 7.71. The van der Waals surface area contributed by atoms with E-state index in [0.717, 1.165) is 56.1 Å². The van der Waals surface area contributed by atoms with Crippen molar-refractivity contribution in [1.82, 2.24) is 15.0 Å². The number of aromatic nitrogens is 3. The lowest BCUT2D eigenvalue weighted by Gasteiger charge is -2.43. The Hall–Kier alpha value is -1.81. The molecule has 1 saturated carbocycles. The van der Waals surface area contributed by atoms with E-state index in [9.17, 15) is 0 Å². The molecule has 1 aliphatic carbocycles. The average molecular weight is 448 g/mol. The van der Waals surface area contributed by atoms with Gasteiger partial charge in [-0.25, -0.2) is 15.0 Å². The summed E-state index contributed by atoms with van der Waals surface area (Å²) in [5.74, 6) is 1.99. The van der Waals surface area contributed by atoms with E-state index in [1.807, 2.05) is 0 Å². The van der Waals surface area contributed by atoms with Crippen molar-refractivity contribution >= 4 is 40.8 Å². The maximum Gasteiger partial charge on any atom is 0.158 e. The van der Waals surface area contributed by atoms with Gasteiger partial charge in [0.25, 0.3) is 0 Å². The predicted molar refractivity (Wildman–Crippen MR) is 119 cm³/mol. The molecule has 0 amide bonds. The van der Waals surface area contributed by atoms with Gasteiger partial charge in [0.15, 0.2) is 5.82 Å². The molecule has 3 aliphatic rings.